The van der Waals surface area contributed by atoms with Crippen molar-refractivity contribution in [3.63, 3.8) is 0 Å². The zero-order chi connectivity index (χ0) is 28.7. The molecule has 0 fully saturated rings. The first-order valence-electron chi connectivity index (χ1n) is 13.4. The molecular weight excluding hydrogens is 516 g/mol. The highest BCUT2D eigenvalue weighted by Crippen LogP contribution is 2.42. The molecule has 0 spiro atoms. The van der Waals surface area contributed by atoms with Crippen LogP contribution in [0.4, 0.5) is 5.69 Å². The van der Waals surface area contributed by atoms with E-state index in [1.807, 2.05) is 37.2 Å². The lowest BCUT2D eigenvalue weighted by molar-refractivity contribution is -0.131. The van der Waals surface area contributed by atoms with Crippen LogP contribution < -0.4 is 10.6 Å². The lowest BCUT2D eigenvalue weighted by Crippen LogP contribution is -2.34. The van der Waals surface area contributed by atoms with Gasteiger partial charge in [-0.3, -0.25) is 14.4 Å². The smallest absolute Gasteiger partial charge is 0.224 e. The molecular formula is C30H46N2O8. The van der Waals surface area contributed by atoms with E-state index in [9.17, 15) is 34.8 Å². The normalized spacial score (nSPS) is 16.0. The van der Waals surface area contributed by atoms with Crippen molar-refractivity contribution in [2.24, 2.45) is 23.5 Å². The molecule has 3 rings (SSSR count). The largest absolute Gasteiger partial charge is 0.508 e. The maximum atomic E-state index is 13.4. The van der Waals surface area contributed by atoms with Gasteiger partial charge in [-0.05, 0) is 85.3 Å². The number of primary amides is 1. The number of benzene rings is 2. The molecule has 0 heterocycles. The van der Waals surface area contributed by atoms with Gasteiger partial charge < -0.3 is 36.5 Å². The third-order valence-corrected chi connectivity index (χ3v) is 7.70. The number of aromatic hydroxyl groups is 2. The van der Waals surface area contributed by atoms with Crippen LogP contribution in [0.25, 0.3) is 0 Å². The molecule has 0 saturated heterocycles. The summed E-state index contributed by atoms with van der Waals surface area (Å²) in [6.07, 6.45) is 2.95. The summed E-state index contributed by atoms with van der Waals surface area (Å²) in [5.41, 5.74) is 8.91. The number of aliphatic hydroxyl groups is 2. The summed E-state index contributed by atoms with van der Waals surface area (Å²) in [6, 6.07) is 8.95. The maximum absolute atomic E-state index is 13.4. The van der Waals surface area contributed by atoms with Crippen LogP contribution in [0.15, 0.2) is 30.3 Å². The number of phenols is 2. The Hall–Kier alpha value is -3.47. The molecule has 1 amide bonds. The summed E-state index contributed by atoms with van der Waals surface area (Å²) in [5, 5.41) is 40.2. The molecule has 3 atom stereocenters. The number of amides is 1. The van der Waals surface area contributed by atoms with Gasteiger partial charge in [-0.2, -0.15) is 0 Å². The van der Waals surface area contributed by atoms with Gasteiger partial charge >= 0.3 is 0 Å². The molecule has 0 saturated carbocycles. The van der Waals surface area contributed by atoms with Crippen LogP contribution in [0.2, 0.25) is 0 Å². The Morgan fingerprint density at radius 3 is 2.35 bits per heavy atom. The molecule has 10 nitrogen and oxygen atoms in total. The maximum Gasteiger partial charge on any atom is 0.224 e. The highest BCUT2D eigenvalue weighted by molar-refractivity contribution is 6.03. The van der Waals surface area contributed by atoms with Gasteiger partial charge in [-0.1, -0.05) is 12.1 Å². The summed E-state index contributed by atoms with van der Waals surface area (Å²) < 4.78 is 0. The standard InChI is InChI=1S/C30H40N2O7.H2O.2H2/c1-32(2)25-15-21(5-3-4-18-6-8-22(35)9-7-18)30(39)29-23(25)13-19(14-27(29)37)12-20(10-11-33)24(17-34)26(36)16-28(31)38;;;/h6-9,15,19-20,24,33-35,39H,3-5,10-14,16-17H2,1-2H3,(H2,31,38);1H2;2*1H. The Bertz CT molecular complexity index is 1190. The molecule has 2 aromatic carbocycles. The van der Waals surface area contributed by atoms with E-state index in [-0.39, 0.29) is 51.0 Å². The van der Waals surface area contributed by atoms with Crippen LogP contribution >= 0.6 is 0 Å². The van der Waals surface area contributed by atoms with Gasteiger partial charge in [0.05, 0.1) is 18.6 Å². The van der Waals surface area contributed by atoms with E-state index in [1.165, 1.54) is 0 Å². The highest BCUT2D eigenvalue weighted by atomic mass is 16.3. The number of Topliss-reactive ketones (excluding diaryl/α,β-unsaturated/α-hetero) is 2. The van der Waals surface area contributed by atoms with Crippen LogP contribution in [0.5, 0.6) is 11.5 Å². The average molecular weight is 563 g/mol. The van der Waals surface area contributed by atoms with Gasteiger partial charge in [0.25, 0.3) is 0 Å². The van der Waals surface area contributed by atoms with Crippen LogP contribution in [0.3, 0.4) is 0 Å². The van der Waals surface area contributed by atoms with Gasteiger partial charge in [-0.15, -0.1) is 0 Å². The van der Waals surface area contributed by atoms with Crippen molar-refractivity contribution in [2.75, 3.05) is 32.2 Å². The molecule has 0 aromatic heterocycles. The number of hydrogen-bond acceptors (Lipinski definition) is 8. The van der Waals surface area contributed by atoms with Crippen molar-refractivity contribution < 1.29 is 43.1 Å². The van der Waals surface area contributed by atoms with Crippen molar-refractivity contribution in [1.82, 2.24) is 0 Å². The van der Waals surface area contributed by atoms with Crippen LogP contribution in [-0.4, -0.2) is 70.7 Å². The second kappa shape index (κ2) is 14.8. The monoisotopic (exact) mass is 562 g/mol. The molecule has 3 unspecified atom stereocenters. The van der Waals surface area contributed by atoms with E-state index in [0.717, 1.165) is 29.7 Å². The number of rotatable bonds is 14. The first-order chi connectivity index (χ1) is 18.5. The SMILES string of the molecule is CN(C)c1cc(CCCc2ccc(O)cc2)c(O)c2c1CC(CC(CCO)C(CO)C(=O)CC(N)=O)CC2=O.O.[HH].[HH]. The van der Waals surface area contributed by atoms with Gasteiger partial charge in [0.2, 0.25) is 5.91 Å². The molecule has 10 heteroatoms. The lowest BCUT2D eigenvalue weighted by Gasteiger charge is -2.33. The second-order valence-corrected chi connectivity index (χ2v) is 10.8. The number of anilines is 1. The number of phenolic OH excluding ortho intramolecular Hbond substituents is 2. The number of carbonyl (C=O) groups excluding carboxylic acids is 3. The number of nitrogens with two attached hydrogens (primary N) is 1. The predicted octanol–water partition coefficient (Wildman–Crippen LogP) is 2.19. The summed E-state index contributed by atoms with van der Waals surface area (Å²) in [4.78, 5) is 39.2. The number of aryl methyl sites for hydroxylation is 2. The third kappa shape index (κ3) is 8.03. The molecule has 0 radical (unpaired) electrons. The van der Waals surface area contributed by atoms with Gasteiger partial charge in [-0.25, -0.2) is 0 Å². The van der Waals surface area contributed by atoms with Crippen LogP contribution in [0.1, 0.15) is 62.0 Å². The quantitative estimate of drug-likeness (QED) is 0.216. The summed E-state index contributed by atoms with van der Waals surface area (Å²) >= 11 is 0. The van der Waals surface area contributed by atoms with E-state index in [1.54, 1.807) is 12.1 Å². The number of aliphatic hydroxyl groups excluding tert-OH is 2. The van der Waals surface area contributed by atoms with E-state index in [4.69, 9.17) is 5.73 Å². The van der Waals surface area contributed by atoms with Crippen molar-refractivity contribution in [2.45, 2.75) is 51.4 Å². The third-order valence-electron chi connectivity index (χ3n) is 7.70. The fraction of sp³-hybridized carbons (Fsp3) is 0.500. The molecule has 224 valence electrons. The summed E-state index contributed by atoms with van der Waals surface area (Å²) in [6.45, 7) is -0.662. The Balaban J connectivity index is 0.00000560. The minimum atomic E-state index is -0.848. The Morgan fingerprint density at radius 2 is 1.77 bits per heavy atom. The van der Waals surface area contributed by atoms with Gasteiger partial charge in [0, 0.05) is 41.6 Å². The zero-order valence-electron chi connectivity index (χ0n) is 23.2. The number of carbonyl (C=O) groups is 3. The molecule has 0 bridgehead atoms. The number of ketones is 2. The second-order valence-electron chi connectivity index (χ2n) is 10.8. The molecule has 2 aromatic rings. The van der Waals surface area contributed by atoms with E-state index >= 15 is 0 Å². The minimum Gasteiger partial charge on any atom is -0.508 e. The predicted molar refractivity (Wildman–Crippen MR) is 156 cm³/mol. The lowest BCUT2D eigenvalue weighted by atomic mass is 9.73. The van der Waals surface area contributed by atoms with Crippen LogP contribution in [-0.2, 0) is 28.9 Å². The number of nitrogens with zero attached hydrogens (tertiary/aromatic N) is 1. The Labute approximate surface area is 237 Å². The molecule has 8 N–H and O–H groups in total. The molecule has 40 heavy (non-hydrogen) atoms. The van der Waals surface area contributed by atoms with E-state index in [2.05, 4.69) is 0 Å². The molecule has 1 aliphatic carbocycles. The van der Waals surface area contributed by atoms with Gasteiger partial charge in [0.15, 0.2) is 5.78 Å². The van der Waals surface area contributed by atoms with Crippen molar-refractivity contribution in [1.29, 1.82) is 0 Å². The molecule has 0 aliphatic heterocycles. The first-order valence-corrected chi connectivity index (χ1v) is 13.4. The number of hydrogen-bond donors (Lipinski definition) is 5. The van der Waals surface area contributed by atoms with Crippen LogP contribution in [0, 0.1) is 17.8 Å². The van der Waals surface area contributed by atoms with Crippen molar-refractivity contribution in [3.8, 4) is 11.5 Å². The topological polar surface area (TPSA) is 193 Å². The van der Waals surface area contributed by atoms with Crippen molar-refractivity contribution >= 4 is 23.2 Å². The van der Waals surface area contributed by atoms with Gasteiger partial charge in [0.1, 0.15) is 17.3 Å². The average Bonchev–Trinajstić information content (AvgIpc) is 2.86. The first kappa shape index (κ1) is 32.7. The highest BCUT2D eigenvalue weighted by Gasteiger charge is 2.36. The summed E-state index contributed by atoms with van der Waals surface area (Å²) in [5.74, 6) is -2.60. The Kier molecular flexibility index (Phi) is 12.1. The Morgan fingerprint density at radius 1 is 1.10 bits per heavy atom. The van der Waals surface area contributed by atoms with Crippen molar-refractivity contribution in [3.05, 3.63) is 52.6 Å². The summed E-state index contributed by atoms with van der Waals surface area (Å²) in [7, 11) is 3.78. The van der Waals surface area contributed by atoms with E-state index < -0.39 is 36.6 Å². The fourth-order valence-electron chi connectivity index (χ4n) is 5.78. The zero-order valence-corrected chi connectivity index (χ0v) is 23.2. The molecule has 1 aliphatic rings. The number of fused-ring (bicyclic) bond motifs is 1. The minimum absolute atomic E-state index is 0. The fourth-order valence-corrected chi connectivity index (χ4v) is 5.78. The van der Waals surface area contributed by atoms with E-state index in [0.29, 0.717) is 30.4 Å².